The summed E-state index contributed by atoms with van der Waals surface area (Å²) < 4.78 is 7.73. The molecule has 0 fully saturated rings. The van der Waals surface area contributed by atoms with Crippen LogP contribution < -0.4 is 0 Å². The summed E-state index contributed by atoms with van der Waals surface area (Å²) in [5, 5.41) is 9.96. The molecule has 0 amide bonds. The molecule has 2 aromatic heterocycles. The van der Waals surface area contributed by atoms with E-state index in [1.807, 2.05) is 6.92 Å². The Bertz CT molecular complexity index is 1080. The van der Waals surface area contributed by atoms with Gasteiger partial charge in [-0.15, -0.1) is 5.10 Å². The number of hydrogen-bond acceptors (Lipinski definition) is 3. The highest BCUT2D eigenvalue weighted by molar-refractivity contribution is 5.74. The van der Waals surface area contributed by atoms with Gasteiger partial charge in [0, 0.05) is 22.6 Å². The zero-order valence-electron chi connectivity index (χ0n) is 17.4. The van der Waals surface area contributed by atoms with Crippen molar-refractivity contribution in [1.29, 1.82) is 0 Å². The lowest BCUT2D eigenvalue weighted by Crippen LogP contribution is -2.25. The Kier molecular flexibility index (Phi) is 5.07. The Hall–Kier alpha value is -3.02. The molecule has 5 rings (SSSR count). The smallest absolute Gasteiger partial charge is 0.309 e. The maximum atomic E-state index is 12.4. The lowest BCUT2D eigenvalue weighted by Gasteiger charge is -2.23. The number of allylic oxidation sites excluding steroid dienone is 2. The van der Waals surface area contributed by atoms with Crippen molar-refractivity contribution in [3.05, 3.63) is 53.4 Å². The van der Waals surface area contributed by atoms with Crippen LogP contribution in [0, 0.1) is 5.92 Å². The maximum Gasteiger partial charge on any atom is 0.309 e. The fraction of sp³-hybridized carbons (Fsp3) is 0.417. The number of fused-ring (bicyclic) bond motifs is 1. The second kappa shape index (κ2) is 8.01. The molecule has 0 saturated heterocycles. The number of H-pyrrole nitrogens is 2. The molecule has 0 spiro atoms. The number of aromatic nitrogens is 4. The van der Waals surface area contributed by atoms with E-state index < -0.39 is 0 Å². The molecule has 6 heteroatoms. The van der Waals surface area contributed by atoms with Gasteiger partial charge >= 0.3 is 5.97 Å². The number of ether oxygens (including phenoxy) is 1. The van der Waals surface area contributed by atoms with Gasteiger partial charge in [-0.1, -0.05) is 18.2 Å². The average molecular weight is 405 g/mol. The van der Waals surface area contributed by atoms with E-state index in [-0.39, 0.29) is 11.9 Å². The summed E-state index contributed by atoms with van der Waals surface area (Å²) in [7, 11) is 0. The van der Waals surface area contributed by atoms with Crippen molar-refractivity contribution in [3.8, 4) is 17.1 Å². The molecule has 0 radical (unpaired) electrons. The van der Waals surface area contributed by atoms with Gasteiger partial charge in [-0.25, -0.2) is 5.21 Å². The molecule has 1 aromatic carbocycles. The largest absolute Gasteiger partial charge is 0.466 e. The first-order chi connectivity index (χ1) is 14.7. The lowest BCUT2D eigenvalue weighted by atomic mass is 9.87. The summed E-state index contributed by atoms with van der Waals surface area (Å²) in [5.74, 6) is 0.768. The van der Waals surface area contributed by atoms with Crippen LogP contribution in [-0.4, -0.2) is 32.6 Å². The van der Waals surface area contributed by atoms with Crippen molar-refractivity contribution in [2.45, 2.75) is 51.9 Å². The van der Waals surface area contributed by atoms with E-state index in [0.717, 1.165) is 49.2 Å². The van der Waals surface area contributed by atoms with Gasteiger partial charge in [-0.2, -0.15) is 0 Å². The van der Waals surface area contributed by atoms with E-state index in [0.29, 0.717) is 6.61 Å². The van der Waals surface area contributed by atoms with Crippen LogP contribution in [0.15, 0.2) is 36.4 Å². The van der Waals surface area contributed by atoms with Gasteiger partial charge in [0.15, 0.2) is 5.82 Å². The predicted octanol–water partition coefficient (Wildman–Crippen LogP) is 4.82. The van der Waals surface area contributed by atoms with Crippen molar-refractivity contribution < 1.29 is 9.53 Å². The summed E-state index contributed by atoms with van der Waals surface area (Å²) in [4.78, 5) is 12.4. The molecule has 0 bridgehead atoms. The molecular weight excluding hydrogens is 376 g/mol. The number of carbonyl (C=O) groups excluding carboxylic acids is 1. The zero-order chi connectivity index (χ0) is 20.5. The van der Waals surface area contributed by atoms with E-state index >= 15 is 0 Å². The quantitative estimate of drug-likeness (QED) is 0.599. The Labute approximate surface area is 176 Å². The Morgan fingerprint density at radius 1 is 1.27 bits per heavy atom. The number of aromatic amines is 2. The molecule has 2 aliphatic rings. The van der Waals surface area contributed by atoms with E-state index in [2.05, 4.69) is 56.4 Å². The third-order valence-electron chi connectivity index (χ3n) is 6.35. The maximum absolute atomic E-state index is 12.4. The second-order valence-corrected chi connectivity index (χ2v) is 8.25. The van der Waals surface area contributed by atoms with Crippen LogP contribution in [0.25, 0.3) is 22.6 Å². The number of nitrogens with one attached hydrogen (secondary N) is 2. The Morgan fingerprint density at radius 2 is 2.17 bits per heavy atom. The normalized spacial score (nSPS) is 18.7. The number of carbonyl (C=O) groups is 1. The van der Waals surface area contributed by atoms with E-state index in [4.69, 9.17) is 4.74 Å². The van der Waals surface area contributed by atoms with E-state index in [1.54, 1.807) is 0 Å². The van der Waals surface area contributed by atoms with Crippen LogP contribution in [0.5, 0.6) is 0 Å². The summed E-state index contributed by atoms with van der Waals surface area (Å²) in [6.07, 6.45) is 9.64. The van der Waals surface area contributed by atoms with E-state index in [9.17, 15) is 4.79 Å². The average Bonchev–Trinajstić information content (AvgIpc) is 3.12. The summed E-state index contributed by atoms with van der Waals surface area (Å²) >= 11 is 0. The Morgan fingerprint density at radius 3 is 2.90 bits per heavy atom. The highest BCUT2D eigenvalue weighted by Gasteiger charge is 2.30. The van der Waals surface area contributed by atoms with Gasteiger partial charge < -0.3 is 9.30 Å². The molecule has 30 heavy (non-hydrogen) atoms. The number of benzene rings is 1. The summed E-state index contributed by atoms with van der Waals surface area (Å²) in [6, 6.07) is 10.8. The van der Waals surface area contributed by atoms with Crippen LogP contribution in [-0.2, 0) is 22.4 Å². The first kappa shape index (κ1) is 19.0. The van der Waals surface area contributed by atoms with Crippen LogP contribution >= 0.6 is 0 Å². The minimum atomic E-state index is -0.0575. The zero-order valence-corrected chi connectivity index (χ0v) is 17.4. The predicted molar refractivity (Wildman–Crippen MR) is 116 cm³/mol. The molecule has 0 saturated carbocycles. The highest BCUT2D eigenvalue weighted by atomic mass is 16.5. The molecule has 6 nitrogen and oxygen atoms in total. The topological polar surface area (TPSA) is 75.7 Å². The molecule has 156 valence electrons. The second-order valence-electron chi connectivity index (χ2n) is 8.25. The Balaban J connectivity index is 1.58. The molecule has 0 aliphatic heterocycles. The van der Waals surface area contributed by atoms with Gasteiger partial charge in [0.25, 0.3) is 0 Å². The standard InChI is InChI=1S/C24H28N4O2/c1-2-30-24(29)18-11-12-21-19(13-18)15-22(16-7-4-3-5-8-16)28(21)20-10-6-9-17(14-20)23-25-27-26-23/h6-7,9-10,14-15,18,27H,2-5,8,11-13H2,1H3,(H,25,26). The summed E-state index contributed by atoms with van der Waals surface area (Å²) in [6.45, 7) is 2.32. The number of hydrogen-bond donors (Lipinski definition) is 2. The van der Waals surface area contributed by atoms with Crippen molar-refractivity contribution >= 4 is 11.5 Å². The van der Waals surface area contributed by atoms with Crippen LogP contribution in [0.1, 0.15) is 56.0 Å². The van der Waals surface area contributed by atoms with Gasteiger partial charge in [0.05, 0.1) is 12.5 Å². The third-order valence-corrected chi connectivity index (χ3v) is 6.35. The molecule has 3 aromatic rings. The van der Waals surface area contributed by atoms with E-state index in [1.165, 1.54) is 35.4 Å². The minimum Gasteiger partial charge on any atom is -0.466 e. The van der Waals surface area contributed by atoms with Crippen molar-refractivity contribution in [2.24, 2.45) is 5.92 Å². The van der Waals surface area contributed by atoms with Gasteiger partial charge in [-0.05, 0) is 81.2 Å². The first-order valence-corrected chi connectivity index (χ1v) is 11.0. The molecule has 2 heterocycles. The van der Waals surface area contributed by atoms with Gasteiger partial charge in [-0.3, -0.25) is 9.89 Å². The molecule has 2 aliphatic carbocycles. The van der Waals surface area contributed by atoms with Crippen molar-refractivity contribution in [1.82, 2.24) is 20.0 Å². The third kappa shape index (κ3) is 3.40. The van der Waals surface area contributed by atoms with Crippen molar-refractivity contribution in [3.63, 3.8) is 0 Å². The first-order valence-electron chi connectivity index (χ1n) is 11.0. The molecule has 2 N–H and O–H groups in total. The number of esters is 1. The lowest BCUT2D eigenvalue weighted by molar-refractivity contribution is -0.148. The summed E-state index contributed by atoms with van der Waals surface area (Å²) in [5.41, 5.74) is 7.54. The monoisotopic (exact) mass is 404 g/mol. The SMILES string of the molecule is CCOC(=O)C1CCc2c(cc(C3=CCCCC3)n2-c2cccc(-c3n[nH][nH]3)c2)C1. The minimum absolute atomic E-state index is 0.0348. The number of rotatable bonds is 5. The van der Waals surface area contributed by atoms with Crippen molar-refractivity contribution in [2.75, 3.05) is 6.61 Å². The molecule has 1 atom stereocenters. The van der Waals surface area contributed by atoms with Gasteiger partial charge in [0.2, 0.25) is 0 Å². The van der Waals surface area contributed by atoms with Gasteiger partial charge in [0.1, 0.15) is 0 Å². The van der Waals surface area contributed by atoms with Crippen LogP contribution in [0.4, 0.5) is 0 Å². The number of nitrogens with zero attached hydrogens (tertiary/aromatic N) is 2. The fourth-order valence-corrected chi connectivity index (χ4v) is 4.83. The van der Waals surface area contributed by atoms with Crippen LogP contribution in [0.3, 0.4) is 0 Å². The highest BCUT2D eigenvalue weighted by Crippen LogP contribution is 2.37. The fourth-order valence-electron chi connectivity index (χ4n) is 4.83. The van der Waals surface area contributed by atoms with Crippen LogP contribution in [0.2, 0.25) is 0 Å². The molecule has 1 unspecified atom stereocenters. The molecular formula is C24H28N4O2.